The van der Waals surface area contributed by atoms with Crippen LogP contribution in [0.3, 0.4) is 0 Å². The number of benzene rings is 2. The molecule has 4 aromatic rings. The van der Waals surface area contributed by atoms with Crippen molar-refractivity contribution in [2.75, 3.05) is 13.2 Å². The summed E-state index contributed by atoms with van der Waals surface area (Å²) in [6, 6.07) is 15.4. The second kappa shape index (κ2) is 7.79. The molecule has 0 radical (unpaired) electrons. The van der Waals surface area contributed by atoms with Crippen molar-refractivity contribution in [3.63, 3.8) is 0 Å². The van der Waals surface area contributed by atoms with Crippen molar-refractivity contribution in [2.45, 2.75) is 17.4 Å². The quantitative estimate of drug-likeness (QED) is 0.485. The third-order valence-corrected chi connectivity index (χ3v) is 7.03. The van der Waals surface area contributed by atoms with E-state index in [1.54, 1.807) is 6.07 Å². The van der Waals surface area contributed by atoms with Crippen LogP contribution in [0.25, 0.3) is 11.0 Å². The summed E-state index contributed by atoms with van der Waals surface area (Å²) in [5, 5.41) is 4.74. The zero-order chi connectivity index (χ0) is 20.6. The zero-order valence-electron chi connectivity index (χ0n) is 15.9. The number of furan rings is 1. The SMILES string of the molecule is O=S(=O)(NC(c1ccsc1)c1cc2ccccc2o1)c1ccc2c(c1)OCCCO2. The molecule has 1 N–H and O–H groups in total. The average molecular weight is 442 g/mol. The molecule has 0 saturated carbocycles. The lowest BCUT2D eigenvalue weighted by Gasteiger charge is -2.17. The molecule has 3 heterocycles. The van der Waals surface area contributed by atoms with E-state index in [9.17, 15) is 8.42 Å². The van der Waals surface area contributed by atoms with E-state index in [2.05, 4.69) is 4.72 Å². The summed E-state index contributed by atoms with van der Waals surface area (Å²) in [7, 11) is -3.86. The van der Waals surface area contributed by atoms with Crippen molar-refractivity contribution in [1.29, 1.82) is 0 Å². The molecule has 6 nitrogen and oxygen atoms in total. The van der Waals surface area contributed by atoms with Gasteiger partial charge in [-0.1, -0.05) is 18.2 Å². The molecule has 5 rings (SSSR count). The molecule has 1 aliphatic heterocycles. The molecule has 0 spiro atoms. The second-order valence-electron chi connectivity index (χ2n) is 6.96. The summed E-state index contributed by atoms with van der Waals surface area (Å²) in [6.45, 7) is 1.03. The molecule has 1 unspecified atom stereocenters. The predicted octanol–water partition coefficient (Wildman–Crippen LogP) is 4.72. The third kappa shape index (κ3) is 3.69. The van der Waals surface area contributed by atoms with Crippen molar-refractivity contribution in [3.8, 4) is 11.5 Å². The van der Waals surface area contributed by atoms with Crippen LogP contribution in [0.4, 0.5) is 0 Å². The van der Waals surface area contributed by atoms with Gasteiger partial charge in [0.15, 0.2) is 11.5 Å². The van der Waals surface area contributed by atoms with Crippen LogP contribution in [0.1, 0.15) is 23.8 Å². The van der Waals surface area contributed by atoms with Crippen molar-refractivity contribution in [1.82, 2.24) is 4.72 Å². The molecule has 0 saturated heterocycles. The fourth-order valence-corrected chi connectivity index (χ4v) is 5.30. The fourth-order valence-electron chi connectivity index (χ4n) is 3.41. The highest BCUT2D eigenvalue weighted by molar-refractivity contribution is 7.89. The van der Waals surface area contributed by atoms with Crippen molar-refractivity contribution >= 4 is 32.3 Å². The number of sulfonamides is 1. The van der Waals surface area contributed by atoms with E-state index >= 15 is 0 Å². The molecule has 8 heteroatoms. The Balaban J connectivity index is 1.52. The second-order valence-corrected chi connectivity index (χ2v) is 9.45. The molecule has 0 bridgehead atoms. The Labute approximate surface area is 178 Å². The fraction of sp³-hybridized carbons (Fsp3) is 0.182. The first-order chi connectivity index (χ1) is 14.6. The molecule has 0 fully saturated rings. The van der Waals surface area contributed by atoms with Crippen LogP contribution in [0.15, 0.2) is 74.7 Å². The maximum atomic E-state index is 13.3. The largest absolute Gasteiger partial charge is 0.490 e. The van der Waals surface area contributed by atoms with Gasteiger partial charge in [-0.25, -0.2) is 8.42 Å². The van der Waals surface area contributed by atoms with Gasteiger partial charge in [-0.2, -0.15) is 16.1 Å². The standard InChI is InChI=1S/C22H19NO5S2/c24-30(25,17-6-7-19-20(13-17)27-10-3-9-26-19)23-22(16-8-11-29-14-16)21-12-15-4-1-2-5-18(15)28-21/h1-2,4-8,11-14,22-23H,3,9-10H2. The minimum absolute atomic E-state index is 0.114. The number of hydrogen-bond acceptors (Lipinski definition) is 6. The minimum atomic E-state index is -3.86. The number of thiophene rings is 1. The highest BCUT2D eigenvalue weighted by Gasteiger charge is 2.27. The van der Waals surface area contributed by atoms with E-state index in [1.807, 2.05) is 47.2 Å². The number of rotatable bonds is 5. The van der Waals surface area contributed by atoms with Gasteiger partial charge in [-0.3, -0.25) is 0 Å². The molecule has 30 heavy (non-hydrogen) atoms. The van der Waals surface area contributed by atoms with Gasteiger partial charge < -0.3 is 13.9 Å². The maximum absolute atomic E-state index is 13.3. The molecule has 1 atom stereocenters. The van der Waals surface area contributed by atoms with Crippen molar-refractivity contribution in [3.05, 3.63) is 76.7 Å². The summed E-state index contributed by atoms with van der Waals surface area (Å²) in [4.78, 5) is 0.114. The summed E-state index contributed by atoms with van der Waals surface area (Å²) in [6.07, 6.45) is 0.751. The number of hydrogen-bond donors (Lipinski definition) is 1. The Bertz CT molecular complexity index is 1250. The molecule has 2 aromatic heterocycles. The van der Waals surface area contributed by atoms with Crippen LogP contribution in [0.5, 0.6) is 11.5 Å². The van der Waals surface area contributed by atoms with Gasteiger partial charge >= 0.3 is 0 Å². The topological polar surface area (TPSA) is 77.8 Å². The molecule has 154 valence electrons. The van der Waals surface area contributed by atoms with Crippen molar-refractivity contribution < 1.29 is 22.3 Å². The number of nitrogens with one attached hydrogen (secondary N) is 1. The van der Waals surface area contributed by atoms with Crippen LogP contribution < -0.4 is 14.2 Å². The van der Waals surface area contributed by atoms with Gasteiger partial charge in [0.05, 0.1) is 18.1 Å². The average Bonchev–Trinajstić information content (AvgIpc) is 3.37. The molecule has 1 aliphatic rings. The van der Waals surface area contributed by atoms with Gasteiger partial charge in [0, 0.05) is 17.9 Å². The first kappa shape index (κ1) is 19.2. The third-order valence-electron chi connectivity index (χ3n) is 4.91. The van der Waals surface area contributed by atoms with Crippen LogP contribution in [-0.2, 0) is 10.0 Å². The van der Waals surface area contributed by atoms with Crippen LogP contribution in [-0.4, -0.2) is 21.6 Å². The Morgan fingerprint density at radius 1 is 0.967 bits per heavy atom. The lowest BCUT2D eigenvalue weighted by Crippen LogP contribution is -2.29. The lowest BCUT2D eigenvalue weighted by molar-refractivity contribution is 0.297. The minimum Gasteiger partial charge on any atom is -0.490 e. The van der Waals surface area contributed by atoms with Crippen LogP contribution in [0.2, 0.25) is 0 Å². The van der Waals surface area contributed by atoms with Gasteiger partial charge in [0.2, 0.25) is 10.0 Å². The van der Waals surface area contributed by atoms with Crippen molar-refractivity contribution in [2.24, 2.45) is 0 Å². The molecular weight excluding hydrogens is 422 g/mol. The van der Waals surface area contributed by atoms with Crippen LogP contribution in [0, 0.1) is 0 Å². The highest BCUT2D eigenvalue weighted by atomic mass is 32.2. The maximum Gasteiger partial charge on any atom is 0.241 e. The monoisotopic (exact) mass is 441 g/mol. The Hall–Kier alpha value is -2.81. The number of ether oxygens (including phenoxy) is 2. The summed E-state index contributed by atoms with van der Waals surface area (Å²) in [5.41, 5.74) is 1.53. The van der Waals surface area contributed by atoms with Gasteiger partial charge in [0.25, 0.3) is 0 Å². The Morgan fingerprint density at radius 3 is 2.60 bits per heavy atom. The highest BCUT2D eigenvalue weighted by Crippen LogP contribution is 2.34. The van der Waals surface area contributed by atoms with E-state index in [-0.39, 0.29) is 4.90 Å². The molecular formula is C22H19NO5S2. The predicted molar refractivity (Wildman–Crippen MR) is 115 cm³/mol. The number of para-hydroxylation sites is 1. The molecule has 0 amide bonds. The summed E-state index contributed by atoms with van der Waals surface area (Å²) < 4.78 is 46.5. The first-order valence-corrected chi connectivity index (χ1v) is 12.0. The normalized spacial score (nSPS) is 15.1. The van der Waals surface area contributed by atoms with Crippen LogP contribution >= 0.6 is 11.3 Å². The molecule has 2 aromatic carbocycles. The smallest absolute Gasteiger partial charge is 0.241 e. The van der Waals surface area contributed by atoms with E-state index in [0.717, 1.165) is 17.4 Å². The van der Waals surface area contributed by atoms with E-state index in [0.29, 0.717) is 36.1 Å². The van der Waals surface area contributed by atoms with Gasteiger partial charge in [-0.15, -0.1) is 0 Å². The molecule has 0 aliphatic carbocycles. The van der Waals surface area contributed by atoms with E-state index < -0.39 is 16.1 Å². The van der Waals surface area contributed by atoms with Gasteiger partial charge in [0.1, 0.15) is 17.4 Å². The first-order valence-electron chi connectivity index (χ1n) is 9.53. The van der Waals surface area contributed by atoms with E-state index in [1.165, 1.54) is 23.5 Å². The number of fused-ring (bicyclic) bond motifs is 2. The Kier molecular flexibility index (Phi) is 4.98. The summed E-state index contributed by atoms with van der Waals surface area (Å²) in [5.74, 6) is 1.52. The summed E-state index contributed by atoms with van der Waals surface area (Å²) >= 11 is 1.50. The lowest BCUT2D eigenvalue weighted by atomic mass is 10.1. The Morgan fingerprint density at radius 2 is 1.80 bits per heavy atom. The zero-order valence-corrected chi connectivity index (χ0v) is 17.5. The van der Waals surface area contributed by atoms with Gasteiger partial charge in [-0.05, 0) is 46.7 Å². The van der Waals surface area contributed by atoms with E-state index in [4.69, 9.17) is 13.9 Å².